The number of imide groups is 1. The molecule has 2 aliphatic rings. The highest BCUT2D eigenvalue weighted by molar-refractivity contribution is 6.24. The Morgan fingerprint density at radius 2 is 1.76 bits per heavy atom. The van der Waals surface area contributed by atoms with E-state index in [-0.39, 0.29) is 5.69 Å². The molecule has 128 valence electrons. The van der Waals surface area contributed by atoms with E-state index in [9.17, 15) is 22.8 Å². The number of hydrogen-bond donors (Lipinski definition) is 2. The smallest absolute Gasteiger partial charge is 0.349 e. The molecule has 2 aromatic carbocycles. The van der Waals surface area contributed by atoms with E-state index in [1.54, 1.807) is 24.3 Å². The van der Waals surface area contributed by atoms with Gasteiger partial charge in [0.05, 0.1) is 22.6 Å². The van der Waals surface area contributed by atoms with Crippen molar-refractivity contribution < 1.29 is 22.8 Å². The molecule has 5 nitrogen and oxygen atoms in total. The zero-order valence-electron chi connectivity index (χ0n) is 12.9. The summed E-state index contributed by atoms with van der Waals surface area (Å²) in [5, 5.41) is 5.82. The first-order chi connectivity index (χ1) is 11.7. The van der Waals surface area contributed by atoms with Gasteiger partial charge in [0.1, 0.15) is 0 Å². The van der Waals surface area contributed by atoms with E-state index in [0.717, 1.165) is 17.0 Å². The summed E-state index contributed by atoms with van der Waals surface area (Å²) >= 11 is 0. The number of carbonyl (C=O) groups excluding carboxylic acids is 2. The molecular weight excluding hydrogens is 335 g/mol. The molecular formula is C17H12F3N3O2. The van der Waals surface area contributed by atoms with Crippen molar-refractivity contribution in [3.8, 4) is 0 Å². The minimum Gasteiger partial charge on any atom is -0.349 e. The first kappa shape index (κ1) is 15.5. The van der Waals surface area contributed by atoms with Crippen molar-refractivity contribution in [2.75, 3.05) is 15.5 Å². The molecule has 0 radical (unpaired) electrons. The Morgan fingerprint density at radius 3 is 2.44 bits per heavy atom. The number of carbonyl (C=O) groups is 2. The fourth-order valence-corrected chi connectivity index (χ4v) is 3.30. The van der Waals surface area contributed by atoms with Gasteiger partial charge >= 0.3 is 6.18 Å². The molecule has 2 N–H and O–H groups in total. The van der Waals surface area contributed by atoms with Crippen LogP contribution in [0.15, 0.2) is 42.5 Å². The average molecular weight is 347 g/mol. The maximum atomic E-state index is 12.9. The van der Waals surface area contributed by atoms with Crippen LogP contribution in [0.4, 0.5) is 30.2 Å². The maximum absolute atomic E-state index is 12.9. The van der Waals surface area contributed by atoms with E-state index in [1.165, 1.54) is 13.0 Å². The monoisotopic (exact) mass is 347 g/mol. The summed E-state index contributed by atoms with van der Waals surface area (Å²) in [6.07, 6.45) is -4.49. The van der Waals surface area contributed by atoms with Crippen LogP contribution in [0.1, 0.15) is 18.1 Å². The van der Waals surface area contributed by atoms with E-state index in [1.807, 2.05) is 0 Å². The third-order valence-electron chi connectivity index (χ3n) is 4.38. The molecule has 2 aromatic rings. The van der Waals surface area contributed by atoms with Gasteiger partial charge in [-0.3, -0.25) is 9.59 Å². The van der Waals surface area contributed by atoms with Crippen LogP contribution >= 0.6 is 0 Å². The number of amides is 2. The Morgan fingerprint density at radius 1 is 1.08 bits per heavy atom. The highest BCUT2D eigenvalue weighted by atomic mass is 19.4. The number of nitrogens with zero attached hydrogens (tertiary/aromatic N) is 1. The van der Waals surface area contributed by atoms with Gasteiger partial charge in [-0.1, -0.05) is 18.2 Å². The van der Waals surface area contributed by atoms with Gasteiger partial charge in [0.25, 0.3) is 5.91 Å². The Bertz CT molecular complexity index is 926. The molecule has 0 fully saturated rings. The molecule has 0 saturated carbocycles. The quantitative estimate of drug-likeness (QED) is 0.768. The highest BCUT2D eigenvalue weighted by Crippen LogP contribution is 2.49. The number of para-hydroxylation sites is 1. The summed E-state index contributed by atoms with van der Waals surface area (Å²) in [5.74, 6) is -1.05. The summed E-state index contributed by atoms with van der Waals surface area (Å²) in [4.78, 5) is 25.9. The number of nitrogens with one attached hydrogen (secondary N) is 2. The fraction of sp³-hybridized carbons (Fsp3) is 0.176. The number of alkyl halides is 3. The summed E-state index contributed by atoms with van der Waals surface area (Å²) < 4.78 is 38.8. The molecule has 0 aromatic heterocycles. The third-order valence-corrected chi connectivity index (χ3v) is 4.38. The lowest BCUT2D eigenvalue weighted by atomic mass is 10.0. The van der Waals surface area contributed by atoms with Crippen molar-refractivity contribution in [2.45, 2.75) is 18.8 Å². The van der Waals surface area contributed by atoms with Gasteiger partial charge in [0.15, 0.2) is 0 Å². The number of anilines is 3. The molecule has 1 spiro atoms. The van der Waals surface area contributed by atoms with E-state index < -0.39 is 29.2 Å². The molecule has 4 rings (SSSR count). The second-order valence-electron chi connectivity index (χ2n) is 5.93. The summed E-state index contributed by atoms with van der Waals surface area (Å²) in [6.45, 7) is 1.26. The first-order valence-corrected chi connectivity index (χ1v) is 7.46. The van der Waals surface area contributed by atoms with Gasteiger partial charge in [-0.2, -0.15) is 13.2 Å². The van der Waals surface area contributed by atoms with Crippen LogP contribution in [-0.2, 0) is 21.4 Å². The van der Waals surface area contributed by atoms with E-state index in [2.05, 4.69) is 10.6 Å². The number of hydrogen-bond acceptors (Lipinski definition) is 4. The summed E-state index contributed by atoms with van der Waals surface area (Å²) in [6, 6.07) is 9.83. The Balaban J connectivity index is 1.84. The lowest BCUT2D eigenvalue weighted by Gasteiger charge is -2.24. The fourth-order valence-electron chi connectivity index (χ4n) is 3.30. The SMILES string of the molecule is CC(=O)N1C(=O)C2(Nc3ccc(C(F)(F)F)cc3N2)c2ccccc21. The Hall–Kier alpha value is -3.03. The van der Waals surface area contributed by atoms with Crippen molar-refractivity contribution in [2.24, 2.45) is 0 Å². The third kappa shape index (κ3) is 2.03. The molecule has 2 amide bonds. The Kier molecular flexibility index (Phi) is 2.94. The van der Waals surface area contributed by atoms with Gasteiger partial charge < -0.3 is 10.6 Å². The lowest BCUT2D eigenvalue weighted by molar-refractivity contribution is -0.137. The second kappa shape index (κ2) is 4.75. The van der Waals surface area contributed by atoms with Crippen molar-refractivity contribution in [3.05, 3.63) is 53.6 Å². The number of benzene rings is 2. The standard InChI is InChI=1S/C17H12F3N3O2/c1-9(24)23-14-5-3-2-4-11(14)16(15(23)25)21-12-7-6-10(17(18,19)20)8-13(12)22-16/h2-8,21-22H,1H3. The molecule has 25 heavy (non-hydrogen) atoms. The van der Waals surface area contributed by atoms with Gasteiger partial charge in [0, 0.05) is 12.5 Å². The molecule has 2 heterocycles. The topological polar surface area (TPSA) is 61.4 Å². The normalized spacial score (nSPS) is 21.0. The van der Waals surface area contributed by atoms with Gasteiger partial charge in [-0.05, 0) is 24.3 Å². The van der Waals surface area contributed by atoms with Crippen LogP contribution in [0.2, 0.25) is 0 Å². The van der Waals surface area contributed by atoms with Gasteiger partial charge in [-0.25, -0.2) is 4.90 Å². The number of rotatable bonds is 0. The van der Waals surface area contributed by atoms with Crippen molar-refractivity contribution in [3.63, 3.8) is 0 Å². The zero-order valence-corrected chi connectivity index (χ0v) is 12.9. The van der Waals surface area contributed by atoms with Crippen LogP contribution < -0.4 is 15.5 Å². The molecule has 1 unspecified atom stereocenters. The van der Waals surface area contributed by atoms with Crippen LogP contribution in [0, 0.1) is 0 Å². The minimum absolute atomic E-state index is 0.156. The lowest BCUT2D eigenvalue weighted by Crippen LogP contribution is -2.49. The largest absolute Gasteiger partial charge is 0.416 e. The van der Waals surface area contributed by atoms with Crippen LogP contribution in [-0.4, -0.2) is 11.8 Å². The molecule has 0 bridgehead atoms. The summed E-state index contributed by atoms with van der Waals surface area (Å²) in [5.41, 5.74) is -0.900. The Labute approximate surface area is 140 Å². The van der Waals surface area contributed by atoms with Crippen LogP contribution in [0.5, 0.6) is 0 Å². The van der Waals surface area contributed by atoms with Crippen LogP contribution in [0.25, 0.3) is 0 Å². The predicted octanol–water partition coefficient (Wildman–Crippen LogP) is 3.29. The maximum Gasteiger partial charge on any atom is 0.416 e. The van der Waals surface area contributed by atoms with Crippen molar-refractivity contribution in [1.82, 2.24) is 0 Å². The molecule has 0 aliphatic carbocycles. The molecule has 1 atom stereocenters. The molecule has 2 aliphatic heterocycles. The predicted molar refractivity (Wildman–Crippen MR) is 85.0 cm³/mol. The van der Waals surface area contributed by atoms with E-state index in [0.29, 0.717) is 16.9 Å². The second-order valence-corrected chi connectivity index (χ2v) is 5.93. The van der Waals surface area contributed by atoms with Crippen molar-refractivity contribution in [1.29, 1.82) is 0 Å². The van der Waals surface area contributed by atoms with Crippen molar-refractivity contribution >= 4 is 28.9 Å². The zero-order chi connectivity index (χ0) is 18.0. The first-order valence-electron chi connectivity index (χ1n) is 7.46. The van der Waals surface area contributed by atoms with Crippen LogP contribution in [0.3, 0.4) is 0 Å². The number of fused-ring (bicyclic) bond motifs is 3. The minimum atomic E-state index is -4.49. The molecule has 0 saturated heterocycles. The average Bonchev–Trinajstić information content (AvgIpc) is 3.03. The highest BCUT2D eigenvalue weighted by Gasteiger charge is 2.55. The van der Waals surface area contributed by atoms with Gasteiger partial charge in [0.2, 0.25) is 11.6 Å². The van der Waals surface area contributed by atoms with E-state index in [4.69, 9.17) is 0 Å². The van der Waals surface area contributed by atoms with Gasteiger partial charge in [-0.15, -0.1) is 0 Å². The summed E-state index contributed by atoms with van der Waals surface area (Å²) in [7, 11) is 0. The molecule has 8 heteroatoms. The van der Waals surface area contributed by atoms with E-state index >= 15 is 0 Å². The number of halogens is 3.